The molecule has 1 aromatic carbocycles. The fraction of sp³-hybridized carbons (Fsp3) is 0.421. The van der Waals surface area contributed by atoms with Crippen LogP contribution in [-0.4, -0.2) is 48.8 Å². The van der Waals surface area contributed by atoms with Crippen molar-refractivity contribution in [2.24, 2.45) is 5.73 Å². The minimum Gasteiger partial charge on any atom is -0.492 e. The molecule has 0 aliphatic heterocycles. The Morgan fingerprint density at radius 1 is 1.11 bits per heavy atom. The molecule has 2 amide bonds. The first-order valence-electron chi connectivity index (χ1n) is 8.77. The van der Waals surface area contributed by atoms with Gasteiger partial charge in [0.2, 0.25) is 0 Å². The topological polar surface area (TPSA) is 116 Å². The van der Waals surface area contributed by atoms with Gasteiger partial charge in [0.25, 0.3) is 5.91 Å². The number of ether oxygens (including phenoxy) is 2. The van der Waals surface area contributed by atoms with Gasteiger partial charge in [-0.05, 0) is 45.0 Å². The van der Waals surface area contributed by atoms with E-state index in [1.807, 2.05) is 12.1 Å². The number of hydrogen-bond donors (Lipinski definition) is 3. The Bertz CT molecular complexity index is 802. The Hall–Kier alpha value is -2.87. The normalized spacial score (nSPS) is 11.1. The first-order chi connectivity index (χ1) is 12.8. The van der Waals surface area contributed by atoms with Gasteiger partial charge in [-0.25, -0.2) is 9.78 Å². The molecule has 0 aliphatic carbocycles. The molecular formula is C19H26N4O4. The summed E-state index contributed by atoms with van der Waals surface area (Å²) in [5, 5.41) is 6.17. The highest BCUT2D eigenvalue weighted by molar-refractivity contribution is 5.95. The summed E-state index contributed by atoms with van der Waals surface area (Å²) in [5.74, 6) is 0.395. The number of carbonyl (C=O) groups is 2. The maximum Gasteiger partial charge on any atom is 0.407 e. The molecule has 0 atom stereocenters. The highest BCUT2D eigenvalue weighted by atomic mass is 16.6. The third-order valence-corrected chi connectivity index (χ3v) is 3.36. The summed E-state index contributed by atoms with van der Waals surface area (Å²) in [4.78, 5) is 27.8. The second-order valence-electron chi connectivity index (χ2n) is 6.87. The van der Waals surface area contributed by atoms with Crippen molar-refractivity contribution in [3.05, 3.63) is 36.0 Å². The minimum absolute atomic E-state index is 0.254. The number of alkyl carbamates (subject to hydrolysis) is 1. The van der Waals surface area contributed by atoms with E-state index < -0.39 is 11.7 Å². The van der Waals surface area contributed by atoms with Gasteiger partial charge >= 0.3 is 6.09 Å². The fourth-order valence-electron chi connectivity index (χ4n) is 2.23. The summed E-state index contributed by atoms with van der Waals surface area (Å²) >= 11 is 0. The molecule has 4 N–H and O–H groups in total. The van der Waals surface area contributed by atoms with Crippen molar-refractivity contribution in [1.82, 2.24) is 15.6 Å². The van der Waals surface area contributed by atoms with Gasteiger partial charge in [0, 0.05) is 18.5 Å². The molecule has 2 aromatic rings. The van der Waals surface area contributed by atoms with E-state index in [4.69, 9.17) is 15.2 Å². The highest BCUT2D eigenvalue weighted by Crippen LogP contribution is 2.20. The molecule has 0 aliphatic rings. The number of nitrogens with two attached hydrogens (primary N) is 1. The predicted octanol–water partition coefficient (Wildman–Crippen LogP) is 1.83. The van der Waals surface area contributed by atoms with Crippen LogP contribution in [0.15, 0.2) is 30.3 Å². The van der Waals surface area contributed by atoms with Crippen LogP contribution in [0.5, 0.6) is 5.75 Å². The van der Waals surface area contributed by atoms with Crippen molar-refractivity contribution >= 4 is 22.9 Å². The lowest BCUT2D eigenvalue weighted by Crippen LogP contribution is -2.34. The molecule has 0 fully saturated rings. The van der Waals surface area contributed by atoms with E-state index in [0.29, 0.717) is 43.2 Å². The second kappa shape index (κ2) is 9.18. The molecular weight excluding hydrogens is 348 g/mol. The van der Waals surface area contributed by atoms with Gasteiger partial charge in [-0.2, -0.15) is 0 Å². The van der Waals surface area contributed by atoms with E-state index in [-0.39, 0.29) is 5.91 Å². The molecule has 2 rings (SSSR count). The predicted molar refractivity (Wildman–Crippen MR) is 103 cm³/mol. The highest BCUT2D eigenvalue weighted by Gasteiger charge is 2.15. The summed E-state index contributed by atoms with van der Waals surface area (Å²) in [5.41, 5.74) is 5.87. The van der Waals surface area contributed by atoms with Gasteiger partial charge in [0.15, 0.2) is 0 Å². The molecule has 0 spiro atoms. The molecule has 0 unspecified atom stereocenters. The van der Waals surface area contributed by atoms with Gasteiger partial charge in [0.05, 0.1) is 12.1 Å². The van der Waals surface area contributed by atoms with Crippen LogP contribution in [0.2, 0.25) is 0 Å². The van der Waals surface area contributed by atoms with Gasteiger partial charge in [-0.3, -0.25) is 4.79 Å². The van der Waals surface area contributed by atoms with Crippen molar-refractivity contribution in [1.29, 1.82) is 0 Å². The molecule has 0 bridgehead atoms. The fourth-order valence-corrected chi connectivity index (χ4v) is 2.23. The van der Waals surface area contributed by atoms with Gasteiger partial charge < -0.3 is 25.8 Å². The van der Waals surface area contributed by atoms with E-state index in [1.54, 1.807) is 39.0 Å². The van der Waals surface area contributed by atoms with Crippen LogP contribution in [0.4, 0.5) is 4.79 Å². The van der Waals surface area contributed by atoms with E-state index in [0.717, 1.165) is 5.39 Å². The summed E-state index contributed by atoms with van der Waals surface area (Å²) in [7, 11) is 0. The average Bonchev–Trinajstić information content (AvgIpc) is 2.61. The van der Waals surface area contributed by atoms with Gasteiger partial charge in [0.1, 0.15) is 23.7 Å². The number of hydrogen-bond acceptors (Lipinski definition) is 6. The molecule has 146 valence electrons. The van der Waals surface area contributed by atoms with Crippen molar-refractivity contribution in [3.63, 3.8) is 0 Å². The van der Waals surface area contributed by atoms with Crippen LogP contribution < -0.4 is 21.1 Å². The maximum atomic E-state index is 11.9. The summed E-state index contributed by atoms with van der Waals surface area (Å²) in [6.45, 7) is 6.83. The van der Waals surface area contributed by atoms with Crippen LogP contribution in [0, 0.1) is 0 Å². The standard InChI is InChI=1S/C19H26N4O4/c1-19(2,3)27-18(25)22-10-11-26-14-5-7-15-13(12-14)4-6-16(23-15)17(24)21-9-8-20/h4-7,12H,8-11,20H2,1-3H3,(H,21,24)(H,22,25). The molecule has 0 saturated heterocycles. The van der Waals surface area contributed by atoms with Crippen LogP contribution in [0.1, 0.15) is 31.3 Å². The minimum atomic E-state index is -0.531. The first kappa shape index (κ1) is 20.4. The number of benzene rings is 1. The zero-order chi connectivity index (χ0) is 19.9. The van der Waals surface area contributed by atoms with E-state index in [2.05, 4.69) is 15.6 Å². The number of nitrogens with one attached hydrogen (secondary N) is 2. The smallest absolute Gasteiger partial charge is 0.407 e. The van der Waals surface area contributed by atoms with Crippen LogP contribution >= 0.6 is 0 Å². The van der Waals surface area contributed by atoms with Crippen molar-refractivity contribution in [2.45, 2.75) is 26.4 Å². The number of aromatic nitrogens is 1. The zero-order valence-electron chi connectivity index (χ0n) is 15.9. The lowest BCUT2D eigenvalue weighted by Gasteiger charge is -2.19. The van der Waals surface area contributed by atoms with Crippen LogP contribution in [-0.2, 0) is 4.74 Å². The number of pyridine rings is 1. The van der Waals surface area contributed by atoms with E-state index in [1.165, 1.54) is 0 Å². The Balaban J connectivity index is 1.89. The van der Waals surface area contributed by atoms with E-state index >= 15 is 0 Å². The number of fused-ring (bicyclic) bond motifs is 1. The van der Waals surface area contributed by atoms with Gasteiger partial charge in [-0.15, -0.1) is 0 Å². The average molecular weight is 374 g/mol. The third-order valence-electron chi connectivity index (χ3n) is 3.36. The number of rotatable bonds is 7. The number of amides is 2. The number of nitrogens with zero attached hydrogens (tertiary/aromatic N) is 1. The zero-order valence-corrected chi connectivity index (χ0v) is 15.9. The lowest BCUT2D eigenvalue weighted by molar-refractivity contribution is 0.0520. The Morgan fingerprint density at radius 3 is 2.59 bits per heavy atom. The van der Waals surface area contributed by atoms with Crippen LogP contribution in [0.25, 0.3) is 10.9 Å². The SMILES string of the molecule is CC(C)(C)OC(=O)NCCOc1ccc2nc(C(=O)NCCN)ccc2c1. The van der Waals surface area contributed by atoms with Crippen molar-refractivity contribution in [3.8, 4) is 5.75 Å². The molecule has 8 nitrogen and oxygen atoms in total. The quantitative estimate of drug-likeness (QED) is 0.637. The van der Waals surface area contributed by atoms with Crippen molar-refractivity contribution < 1.29 is 19.1 Å². The largest absolute Gasteiger partial charge is 0.492 e. The van der Waals surface area contributed by atoms with Crippen LogP contribution in [0.3, 0.4) is 0 Å². The molecule has 1 heterocycles. The summed E-state index contributed by atoms with van der Waals surface area (Å²) < 4.78 is 10.8. The van der Waals surface area contributed by atoms with Crippen molar-refractivity contribution in [2.75, 3.05) is 26.2 Å². The summed E-state index contributed by atoms with van der Waals surface area (Å²) in [6, 6.07) is 8.85. The second-order valence-corrected chi connectivity index (χ2v) is 6.87. The molecule has 8 heteroatoms. The maximum absolute atomic E-state index is 11.9. The third kappa shape index (κ3) is 6.74. The first-order valence-corrected chi connectivity index (χ1v) is 8.77. The molecule has 0 saturated carbocycles. The molecule has 27 heavy (non-hydrogen) atoms. The molecule has 1 aromatic heterocycles. The Kier molecular flexibility index (Phi) is 6.95. The Labute approximate surface area is 158 Å². The lowest BCUT2D eigenvalue weighted by atomic mass is 10.2. The van der Waals surface area contributed by atoms with Gasteiger partial charge in [-0.1, -0.05) is 6.07 Å². The Morgan fingerprint density at radius 2 is 1.89 bits per heavy atom. The van der Waals surface area contributed by atoms with E-state index in [9.17, 15) is 9.59 Å². The number of carbonyl (C=O) groups excluding carboxylic acids is 2. The molecule has 0 radical (unpaired) electrons. The monoisotopic (exact) mass is 374 g/mol. The summed E-state index contributed by atoms with van der Waals surface area (Å²) in [6.07, 6.45) is -0.478.